The molecule has 2 saturated heterocycles. The zero-order chi connectivity index (χ0) is 15.5. The number of aromatic nitrogens is 1. The second kappa shape index (κ2) is 6.52. The van der Waals surface area contributed by atoms with Crippen LogP contribution in [0, 0.1) is 6.92 Å². The molecule has 1 amide bonds. The van der Waals surface area contributed by atoms with Crippen LogP contribution >= 0.6 is 0 Å². The predicted molar refractivity (Wildman–Crippen MR) is 85.1 cm³/mol. The van der Waals surface area contributed by atoms with E-state index in [2.05, 4.69) is 33.8 Å². The van der Waals surface area contributed by atoms with Crippen LogP contribution < -0.4 is 4.90 Å². The summed E-state index contributed by atoms with van der Waals surface area (Å²) in [4.78, 5) is 22.7. The Labute approximate surface area is 131 Å². The van der Waals surface area contributed by atoms with Crippen LogP contribution in [0.5, 0.6) is 0 Å². The Morgan fingerprint density at radius 1 is 1.27 bits per heavy atom. The van der Waals surface area contributed by atoms with Crippen LogP contribution in [0.25, 0.3) is 0 Å². The molecule has 0 spiro atoms. The third kappa shape index (κ3) is 3.32. The molecule has 0 aromatic carbocycles. The van der Waals surface area contributed by atoms with Gasteiger partial charge >= 0.3 is 6.09 Å². The fourth-order valence-corrected chi connectivity index (χ4v) is 3.12. The van der Waals surface area contributed by atoms with Gasteiger partial charge in [0.2, 0.25) is 0 Å². The molecule has 0 unspecified atom stereocenters. The van der Waals surface area contributed by atoms with Crippen molar-refractivity contribution in [2.24, 2.45) is 0 Å². The quantitative estimate of drug-likeness (QED) is 0.840. The van der Waals surface area contributed by atoms with E-state index in [1.807, 2.05) is 13.0 Å². The van der Waals surface area contributed by atoms with E-state index in [0.29, 0.717) is 12.6 Å². The van der Waals surface area contributed by atoms with E-state index in [-0.39, 0.29) is 6.09 Å². The maximum atomic E-state index is 11.5. The number of anilines is 1. The molecule has 2 fully saturated rings. The number of aryl methyl sites for hydroxylation is 1. The van der Waals surface area contributed by atoms with Gasteiger partial charge in [-0.05, 0) is 26.0 Å². The van der Waals surface area contributed by atoms with Gasteiger partial charge in [0.25, 0.3) is 0 Å². The molecule has 0 aliphatic carbocycles. The van der Waals surface area contributed by atoms with Crippen molar-refractivity contribution in [3.8, 4) is 0 Å². The lowest BCUT2D eigenvalue weighted by Gasteiger charge is -2.40. The van der Waals surface area contributed by atoms with Gasteiger partial charge in [-0.2, -0.15) is 0 Å². The molecule has 22 heavy (non-hydrogen) atoms. The lowest BCUT2D eigenvalue weighted by molar-refractivity contribution is 0.143. The van der Waals surface area contributed by atoms with E-state index in [1.165, 1.54) is 0 Å². The van der Waals surface area contributed by atoms with E-state index < -0.39 is 0 Å². The maximum Gasteiger partial charge on any atom is 0.409 e. The van der Waals surface area contributed by atoms with Crippen molar-refractivity contribution in [2.75, 3.05) is 50.8 Å². The van der Waals surface area contributed by atoms with Gasteiger partial charge in [0.15, 0.2) is 0 Å². The molecule has 0 N–H and O–H groups in total. The average molecular weight is 304 g/mol. The molecule has 2 aliphatic rings. The molecule has 0 saturated carbocycles. The second-order valence-corrected chi connectivity index (χ2v) is 6.07. The Bertz CT molecular complexity index is 537. The fraction of sp³-hybridized carbons (Fsp3) is 0.625. The molecule has 3 rings (SSSR count). The summed E-state index contributed by atoms with van der Waals surface area (Å²) >= 11 is 0. The third-order valence-electron chi connectivity index (χ3n) is 4.46. The highest BCUT2D eigenvalue weighted by Crippen LogP contribution is 2.17. The smallest absolute Gasteiger partial charge is 0.409 e. The van der Waals surface area contributed by atoms with Crippen LogP contribution in [0.4, 0.5) is 10.6 Å². The Kier molecular flexibility index (Phi) is 4.47. The van der Waals surface area contributed by atoms with Crippen molar-refractivity contribution in [3.05, 3.63) is 23.9 Å². The Morgan fingerprint density at radius 3 is 2.82 bits per heavy atom. The summed E-state index contributed by atoms with van der Waals surface area (Å²) in [6.07, 6.45) is -0.171. The summed E-state index contributed by atoms with van der Waals surface area (Å²) in [5, 5.41) is 0. The number of amides is 1. The lowest BCUT2D eigenvalue weighted by Crippen LogP contribution is -2.53. The summed E-state index contributed by atoms with van der Waals surface area (Å²) in [6.45, 7) is 10.1. The Balaban J connectivity index is 1.52. The molecule has 0 radical (unpaired) electrons. The SMILES string of the molecule is Cc1cccc(N2CCN(CCN3CCOC3=O)[C@H](C)C2)n1. The molecule has 1 aromatic heterocycles. The minimum Gasteiger partial charge on any atom is -0.448 e. The zero-order valence-corrected chi connectivity index (χ0v) is 13.4. The monoisotopic (exact) mass is 304 g/mol. The van der Waals surface area contributed by atoms with Gasteiger partial charge in [-0.25, -0.2) is 9.78 Å². The van der Waals surface area contributed by atoms with Crippen molar-refractivity contribution in [1.29, 1.82) is 0 Å². The zero-order valence-electron chi connectivity index (χ0n) is 13.4. The van der Waals surface area contributed by atoms with Gasteiger partial charge in [0.05, 0.1) is 6.54 Å². The van der Waals surface area contributed by atoms with E-state index in [4.69, 9.17) is 4.74 Å². The van der Waals surface area contributed by atoms with Gasteiger partial charge in [0, 0.05) is 44.5 Å². The van der Waals surface area contributed by atoms with Gasteiger partial charge in [-0.15, -0.1) is 0 Å². The lowest BCUT2D eigenvalue weighted by atomic mass is 10.2. The molecule has 2 aliphatic heterocycles. The van der Waals surface area contributed by atoms with Crippen molar-refractivity contribution in [1.82, 2.24) is 14.8 Å². The van der Waals surface area contributed by atoms with E-state index >= 15 is 0 Å². The fourth-order valence-electron chi connectivity index (χ4n) is 3.12. The number of hydrogen-bond donors (Lipinski definition) is 0. The summed E-state index contributed by atoms with van der Waals surface area (Å²) in [5.74, 6) is 1.06. The third-order valence-corrected chi connectivity index (χ3v) is 4.46. The first-order valence-corrected chi connectivity index (χ1v) is 7.98. The number of hydrogen-bond acceptors (Lipinski definition) is 5. The minimum absolute atomic E-state index is 0.171. The largest absolute Gasteiger partial charge is 0.448 e. The van der Waals surface area contributed by atoms with Crippen molar-refractivity contribution in [3.63, 3.8) is 0 Å². The highest BCUT2D eigenvalue weighted by atomic mass is 16.6. The van der Waals surface area contributed by atoms with Crippen molar-refractivity contribution >= 4 is 11.9 Å². The standard InChI is InChI=1S/C16H24N4O2/c1-13-4-3-5-15(17-13)20-9-7-18(14(2)12-20)6-8-19-10-11-22-16(19)21/h3-5,14H,6-12H2,1-2H3/t14-/m1/s1. The van der Waals surface area contributed by atoms with Gasteiger partial charge < -0.3 is 14.5 Å². The normalized spacial score (nSPS) is 23.0. The minimum atomic E-state index is -0.171. The van der Waals surface area contributed by atoms with Crippen LogP contribution in [0.2, 0.25) is 0 Å². The van der Waals surface area contributed by atoms with Crippen LogP contribution in [-0.4, -0.2) is 72.8 Å². The topological polar surface area (TPSA) is 48.9 Å². The van der Waals surface area contributed by atoms with Crippen molar-refractivity contribution < 1.29 is 9.53 Å². The molecule has 120 valence electrons. The maximum absolute atomic E-state index is 11.5. The summed E-state index contributed by atoms with van der Waals surface area (Å²) < 4.78 is 4.97. The Morgan fingerprint density at radius 2 is 2.14 bits per heavy atom. The first kappa shape index (κ1) is 15.1. The highest BCUT2D eigenvalue weighted by Gasteiger charge is 2.27. The predicted octanol–water partition coefficient (Wildman–Crippen LogP) is 1.35. The number of piperazine rings is 1. The number of pyridine rings is 1. The number of rotatable bonds is 4. The van der Waals surface area contributed by atoms with E-state index in [0.717, 1.165) is 50.8 Å². The molecular formula is C16H24N4O2. The first-order chi connectivity index (χ1) is 10.6. The summed E-state index contributed by atoms with van der Waals surface area (Å²) in [5.41, 5.74) is 1.06. The number of carbonyl (C=O) groups is 1. The van der Waals surface area contributed by atoms with Gasteiger partial charge in [0.1, 0.15) is 12.4 Å². The number of carbonyl (C=O) groups excluding carboxylic acids is 1. The second-order valence-electron chi connectivity index (χ2n) is 6.07. The molecule has 6 heteroatoms. The van der Waals surface area contributed by atoms with Crippen LogP contribution in [0.15, 0.2) is 18.2 Å². The summed E-state index contributed by atoms with van der Waals surface area (Å²) in [7, 11) is 0. The van der Waals surface area contributed by atoms with Crippen LogP contribution in [0.3, 0.4) is 0 Å². The highest BCUT2D eigenvalue weighted by molar-refractivity contribution is 5.69. The van der Waals surface area contributed by atoms with Gasteiger partial charge in [-0.3, -0.25) is 4.90 Å². The molecule has 1 aromatic rings. The van der Waals surface area contributed by atoms with Gasteiger partial charge in [-0.1, -0.05) is 6.07 Å². The Hall–Kier alpha value is -1.82. The number of cyclic esters (lactones) is 1. The van der Waals surface area contributed by atoms with E-state index in [9.17, 15) is 4.79 Å². The number of ether oxygens (including phenoxy) is 1. The summed E-state index contributed by atoms with van der Waals surface area (Å²) in [6, 6.07) is 6.62. The molecule has 6 nitrogen and oxygen atoms in total. The first-order valence-electron chi connectivity index (χ1n) is 7.98. The van der Waals surface area contributed by atoms with E-state index in [1.54, 1.807) is 4.90 Å². The van der Waals surface area contributed by atoms with Crippen LogP contribution in [0.1, 0.15) is 12.6 Å². The van der Waals surface area contributed by atoms with Crippen LogP contribution in [-0.2, 0) is 4.74 Å². The van der Waals surface area contributed by atoms with Crippen molar-refractivity contribution in [2.45, 2.75) is 19.9 Å². The molecule has 1 atom stereocenters. The molecular weight excluding hydrogens is 280 g/mol. The average Bonchev–Trinajstić information content (AvgIpc) is 2.91. The molecule has 0 bridgehead atoms. The molecule has 3 heterocycles. The number of nitrogens with zero attached hydrogens (tertiary/aromatic N) is 4.